The largest absolute Gasteiger partial charge is 0.508 e. The number of carboxylic acid groups (broad SMARTS) is 1. The lowest BCUT2D eigenvalue weighted by atomic mass is 9.98. The maximum Gasteiger partial charge on any atom is 0.326 e. The number of nitrogens with one attached hydrogen (secondary N) is 3. The van der Waals surface area contributed by atoms with Crippen LogP contribution in [-0.2, 0) is 36.8 Å². The Labute approximate surface area is 324 Å². The number of aliphatic hydroxyl groups excluding tert-OH is 1. The molecule has 2 aromatic carbocycles. The molecular formula is C41H61N5O9. The number of carboxylic acids is 1. The molecule has 14 nitrogen and oxygen atoms in total. The molecule has 3 rings (SSSR count). The Morgan fingerprint density at radius 2 is 1.42 bits per heavy atom. The van der Waals surface area contributed by atoms with E-state index >= 15 is 0 Å². The van der Waals surface area contributed by atoms with Crippen molar-refractivity contribution in [2.24, 2.45) is 5.92 Å². The molecule has 1 aliphatic heterocycles. The summed E-state index contributed by atoms with van der Waals surface area (Å²) >= 11 is 0. The highest BCUT2D eigenvalue weighted by Crippen LogP contribution is 2.24. The molecule has 55 heavy (non-hydrogen) atoms. The Morgan fingerprint density at radius 1 is 0.855 bits per heavy atom. The van der Waals surface area contributed by atoms with E-state index in [0.717, 1.165) is 32.1 Å². The standard InChI is InChI=1S/C41H61N5O9/c1-6-7-8-9-10-12-31(42-4)36(49)38(51)43-32(24-27-14-18-29(47)19-15-27)39(52)45(5)35(23-26(2)3)40(53)46-22-11-13-34(46)37(50)44-33(41(54)55)25-28-16-20-30(48)21-17-28/h14-21,26,31-36,42,47-49H,6-13,22-25H2,1-5H3,(H,43,51)(H,44,50)(H,54,55)/t31-,32+,33?,34+,35+,36-/m1/s1. The number of aliphatic hydroxyl groups is 1. The van der Waals surface area contributed by atoms with Gasteiger partial charge in [-0.1, -0.05) is 77.1 Å². The first-order chi connectivity index (χ1) is 26.2. The Morgan fingerprint density at radius 3 is 1.95 bits per heavy atom. The summed E-state index contributed by atoms with van der Waals surface area (Å²) in [5, 5.41) is 48.8. The van der Waals surface area contributed by atoms with E-state index < -0.39 is 65.9 Å². The first kappa shape index (κ1) is 44.7. The minimum atomic E-state index is -1.45. The van der Waals surface area contributed by atoms with Crippen LogP contribution < -0.4 is 16.0 Å². The zero-order chi connectivity index (χ0) is 40.7. The number of amides is 4. The van der Waals surface area contributed by atoms with Gasteiger partial charge in [0.05, 0.1) is 0 Å². The van der Waals surface area contributed by atoms with Crippen LogP contribution in [0.5, 0.6) is 11.5 Å². The van der Waals surface area contributed by atoms with Gasteiger partial charge in [0.15, 0.2) is 0 Å². The van der Waals surface area contributed by atoms with Crippen molar-refractivity contribution in [3.63, 3.8) is 0 Å². The van der Waals surface area contributed by atoms with Gasteiger partial charge in [-0.15, -0.1) is 0 Å². The van der Waals surface area contributed by atoms with Gasteiger partial charge in [0.1, 0.15) is 41.8 Å². The number of carbonyl (C=O) groups excluding carboxylic acids is 4. The van der Waals surface area contributed by atoms with Crippen LogP contribution in [0.1, 0.15) is 89.7 Å². The molecule has 0 aliphatic carbocycles. The third-order valence-corrected chi connectivity index (χ3v) is 10.3. The van der Waals surface area contributed by atoms with Crippen LogP contribution in [-0.4, -0.2) is 117 Å². The minimum Gasteiger partial charge on any atom is -0.508 e. The number of phenols is 2. The van der Waals surface area contributed by atoms with E-state index in [1.165, 1.54) is 41.1 Å². The number of unbranched alkanes of at least 4 members (excludes halogenated alkanes) is 4. The Balaban J connectivity index is 1.83. The van der Waals surface area contributed by atoms with Crippen molar-refractivity contribution in [1.29, 1.82) is 0 Å². The summed E-state index contributed by atoms with van der Waals surface area (Å²) in [4.78, 5) is 70.8. The molecule has 304 valence electrons. The molecule has 1 saturated heterocycles. The van der Waals surface area contributed by atoms with Gasteiger partial charge in [-0.25, -0.2) is 4.79 Å². The van der Waals surface area contributed by atoms with E-state index in [9.17, 15) is 44.4 Å². The van der Waals surface area contributed by atoms with Crippen molar-refractivity contribution in [3.8, 4) is 11.5 Å². The second-order valence-electron chi connectivity index (χ2n) is 15.0. The van der Waals surface area contributed by atoms with Crippen molar-refractivity contribution in [2.45, 2.75) is 128 Å². The van der Waals surface area contributed by atoms with E-state index in [0.29, 0.717) is 30.4 Å². The number of likely N-dealkylation sites (N-methyl/N-ethyl adjacent to an activating group) is 2. The second-order valence-corrected chi connectivity index (χ2v) is 15.0. The van der Waals surface area contributed by atoms with Crippen molar-refractivity contribution in [2.75, 3.05) is 20.6 Å². The van der Waals surface area contributed by atoms with Gasteiger partial charge in [0.2, 0.25) is 17.7 Å². The normalized spacial score (nSPS) is 16.9. The number of carbonyl (C=O) groups is 5. The van der Waals surface area contributed by atoms with Gasteiger partial charge < -0.3 is 46.2 Å². The summed E-state index contributed by atoms with van der Waals surface area (Å²) in [6.07, 6.45) is 5.19. The fourth-order valence-corrected chi connectivity index (χ4v) is 7.04. The lowest BCUT2D eigenvalue weighted by molar-refractivity contribution is -0.150. The van der Waals surface area contributed by atoms with Crippen LogP contribution in [0.15, 0.2) is 48.5 Å². The van der Waals surface area contributed by atoms with E-state index in [1.807, 2.05) is 13.8 Å². The lowest BCUT2D eigenvalue weighted by Crippen LogP contribution is -2.59. The average Bonchev–Trinajstić information content (AvgIpc) is 3.66. The molecule has 1 fully saturated rings. The number of hydrogen-bond donors (Lipinski definition) is 7. The van der Waals surface area contributed by atoms with Crippen molar-refractivity contribution >= 4 is 29.6 Å². The number of aliphatic carboxylic acids is 1. The predicted molar refractivity (Wildman–Crippen MR) is 208 cm³/mol. The lowest BCUT2D eigenvalue weighted by Gasteiger charge is -2.36. The molecule has 0 spiro atoms. The molecule has 1 heterocycles. The highest BCUT2D eigenvalue weighted by Gasteiger charge is 2.42. The summed E-state index contributed by atoms with van der Waals surface area (Å²) in [6, 6.07) is 7.19. The topological polar surface area (TPSA) is 209 Å². The quantitative estimate of drug-likeness (QED) is 0.0872. The van der Waals surface area contributed by atoms with Gasteiger partial charge in [0.25, 0.3) is 5.91 Å². The molecule has 0 radical (unpaired) electrons. The molecule has 2 aromatic rings. The van der Waals surface area contributed by atoms with Crippen molar-refractivity contribution < 1.29 is 44.4 Å². The maximum absolute atomic E-state index is 14.4. The average molecular weight is 768 g/mol. The number of phenolic OH excluding ortho intramolecular Hbond substituents is 2. The monoisotopic (exact) mass is 767 g/mol. The third kappa shape index (κ3) is 13.5. The van der Waals surface area contributed by atoms with Gasteiger partial charge >= 0.3 is 5.97 Å². The Bertz CT molecular complexity index is 1550. The number of hydrogen-bond acceptors (Lipinski definition) is 9. The fourth-order valence-electron chi connectivity index (χ4n) is 7.04. The number of aromatic hydroxyl groups is 2. The summed E-state index contributed by atoms with van der Waals surface area (Å²) in [5.74, 6) is -3.65. The molecule has 14 heteroatoms. The smallest absolute Gasteiger partial charge is 0.326 e. The summed E-state index contributed by atoms with van der Waals surface area (Å²) in [7, 11) is 3.15. The van der Waals surface area contributed by atoms with Crippen LogP contribution in [0, 0.1) is 5.92 Å². The summed E-state index contributed by atoms with van der Waals surface area (Å²) in [6.45, 7) is 6.16. The van der Waals surface area contributed by atoms with E-state index in [-0.39, 0.29) is 43.2 Å². The number of benzene rings is 2. The molecule has 1 aliphatic rings. The molecule has 6 atom stereocenters. The van der Waals surface area contributed by atoms with Crippen LogP contribution in [0.25, 0.3) is 0 Å². The zero-order valence-corrected chi connectivity index (χ0v) is 32.9. The van der Waals surface area contributed by atoms with Gasteiger partial charge in [-0.05, 0) is 74.0 Å². The summed E-state index contributed by atoms with van der Waals surface area (Å²) < 4.78 is 0. The molecule has 0 saturated carbocycles. The number of likely N-dealkylation sites (tertiary alicyclic amines) is 1. The van der Waals surface area contributed by atoms with E-state index in [2.05, 4.69) is 22.9 Å². The van der Waals surface area contributed by atoms with Gasteiger partial charge in [0, 0.05) is 32.5 Å². The fraction of sp³-hybridized carbons (Fsp3) is 0.585. The summed E-state index contributed by atoms with van der Waals surface area (Å²) in [5.41, 5.74) is 1.22. The first-order valence-electron chi connectivity index (χ1n) is 19.5. The van der Waals surface area contributed by atoms with E-state index in [1.54, 1.807) is 31.3 Å². The van der Waals surface area contributed by atoms with Crippen molar-refractivity contribution in [3.05, 3.63) is 59.7 Å². The Hall–Kier alpha value is -4.69. The maximum atomic E-state index is 14.4. The molecule has 1 unspecified atom stereocenters. The van der Waals surface area contributed by atoms with Crippen LogP contribution in [0.2, 0.25) is 0 Å². The van der Waals surface area contributed by atoms with Gasteiger partial charge in [-0.3, -0.25) is 19.2 Å². The number of rotatable bonds is 22. The van der Waals surface area contributed by atoms with Gasteiger partial charge in [-0.2, -0.15) is 0 Å². The minimum absolute atomic E-state index is 0.0120. The van der Waals surface area contributed by atoms with Crippen molar-refractivity contribution in [1.82, 2.24) is 25.8 Å². The molecular weight excluding hydrogens is 706 g/mol. The highest BCUT2D eigenvalue weighted by atomic mass is 16.4. The zero-order valence-electron chi connectivity index (χ0n) is 32.9. The highest BCUT2D eigenvalue weighted by molar-refractivity contribution is 5.96. The van der Waals surface area contributed by atoms with E-state index in [4.69, 9.17) is 0 Å². The van der Waals surface area contributed by atoms with Crippen LogP contribution >= 0.6 is 0 Å². The second kappa shape index (κ2) is 22.0. The first-order valence-corrected chi connectivity index (χ1v) is 19.5. The molecule has 7 N–H and O–H groups in total. The number of nitrogens with zero attached hydrogens (tertiary/aromatic N) is 2. The molecule has 4 amide bonds. The predicted octanol–water partition coefficient (Wildman–Crippen LogP) is 3.11. The molecule has 0 bridgehead atoms. The third-order valence-electron chi connectivity index (χ3n) is 10.3. The SMILES string of the molecule is CCCCCCC[C@@H](NC)[C@@H](O)C(=O)N[C@@H](Cc1ccc(O)cc1)C(=O)N(C)[C@@H](CC(C)C)C(=O)N1CCC[C@H]1C(=O)NC(Cc1ccc(O)cc1)C(=O)O. The van der Waals surface area contributed by atoms with Crippen LogP contribution in [0.4, 0.5) is 0 Å². The molecule has 0 aromatic heterocycles. The van der Waals surface area contributed by atoms with Crippen LogP contribution in [0.3, 0.4) is 0 Å². The Kier molecular flexibility index (Phi) is 17.9.